The highest BCUT2D eigenvalue weighted by atomic mass is 16.2. The molecule has 5 nitrogen and oxygen atoms in total. The molecule has 1 amide bonds. The van der Waals surface area contributed by atoms with Gasteiger partial charge in [0.1, 0.15) is 0 Å². The first-order valence-electron chi connectivity index (χ1n) is 8.53. The van der Waals surface area contributed by atoms with Crippen LogP contribution in [0, 0.1) is 0 Å². The minimum atomic E-state index is -0.735. The average molecular weight is 347 g/mol. The van der Waals surface area contributed by atoms with Crippen LogP contribution in [0.5, 0.6) is 0 Å². The van der Waals surface area contributed by atoms with Gasteiger partial charge in [0.25, 0.3) is 0 Å². The fraction of sp³-hybridized carbons (Fsp3) is 0.238. The van der Waals surface area contributed by atoms with E-state index in [4.69, 9.17) is 0 Å². The van der Waals surface area contributed by atoms with Crippen LogP contribution in [0.1, 0.15) is 37.0 Å². The van der Waals surface area contributed by atoms with E-state index in [1.54, 1.807) is 0 Å². The van der Waals surface area contributed by atoms with Crippen LogP contribution in [0.25, 0.3) is 0 Å². The summed E-state index contributed by atoms with van der Waals surface area (Å²) in [7, 11) is 0. The minimum absolute atomic E-state index is 0.0346. The molecule has 5 heteroatoms. The molecule has 0 atom stereocenters. The Labute approximate surface area is 152 Å². The molecule has 0 bridgehead atoms. The summed E-state index contributed by atoms with van der Waals surface area (Å²) in [5, 5.41) is 3.84. The molecule has 2 aromatic rings. The smallest absolute Gasteiger partial charge is 0.288 e. The van der Waals surface area contributed by atoms with Crippen molar-refractivity contribution < 1.29 is 9.59 Å². The van der Waals surface area contributed by atoms with Gasteiger partial charge in [-0.05, 0) is 37.0 Å². The van der Waals surface area contributed by atoms with Crippen molar-refractivity contribution in [1.29, 1.82) is 0 Å². The largest absolute Gasteiger partial charge is 0.307 e. The molecular weight excluding hydrogens is 326 g/mol. The molecule has 0 saturated carbocycles. The van der Waals surface area contributed by atoms with E-state index in [1.807, 2.05) is 68.4 Å². The Morgan fingerprint density at radius 1 is 1.12 bits per heavy atom. The van der Waals surface area contributed by atoms with E-state index in [-0.39, 0.29) is 12.0 Å². The van der Waals surface area contributed by atoms with E-state index in [1.165, 1.54) is 6.21 Å². The summed E-state index contributed by atoms with van der Waals surface area (Å²) in [5.74, 6) is -1.29. The lowest BCUT2D eigenvalue weighted by Gasteiger charge is -2.28. The number of Topliss-reactive ketones (excluding diaryl/α,β-unsaturated/α-hetero) is 1. The normalized spacial score (nSPS) is 15.2. The molecule has 2 aromatic carbocycles. The summed E-state index contributed by atoms with van der Waals surface area (Å²) < 4.78 is 0. The summed E-state index contributed by atoms with van der Waals surface area (Å²) in [6.07, 6.45) is 2.28. The molecule has 1 heterocycles. The summed E-state index contributed by atoms with van der Waals surface area (Å²) in [6.45, 7) is 4.05. The van der Waals surface area contributed by atoms with Gasteiger partial charge in [0.2, 0.25) is 5.78 Å². The van der Waals surface area contributed by atoms with Gasteiger partial charge < -0.3 is 0 Å². The third-order valence-corrected chi connectivity index (χ3v) is 4.15. The maximum absolute atomic E-state index is 12.3. The molecule has 0 aliphatic carbocycles. The molecule has 0 fully saturated rings. The minimum Gasteiger partial charge on any atom is -0.288 e. The molecule has 0 aromatic heterocycles. The number of hydrazone groups is 1. The highest BCUT2D eigenvalue weighted by Gasteiger charge is 2.28. The molecule has 1 aliphatic heterocycles. The van der Waals surface area contributed by atoms with Crippen LogP contribution in [-0.4, -0.2) is 29.2 Å². The lowest BCUT2D eigenvalue weighted by atomic mass is 9.85. The van der Waals surface area contributed by atoms with Gasteiger partial charge in [-0.15, -0.1) is 0 Å². The molecule has 1 aliphatic rings. The molecule has 0 unspecified atom stereocenters. The van der Waals surface area contributed by atoms with Gasteiger partial charge in [-0.1, -0.05) is 54.6 Å². The van der Waals surface area contributed by atoms with Gasteiger partial charge in [-0.3, -0.25) is 14.6 Å². The first-order chi connectivity index (χ1) is 12.4. The van der Waals surface area contributed by atoms with Crippen molar-refractivity contribution in [2.45, 2.75) is 32.2 Å². The molecule has 26 heavy (non-hydrogen) atoms. The van der Waals surface area contributed by atoms with E-state index in [0.29, 0.717) is 5.71 Å². The maximum atomic E-state index is 12.3. The summed E-state index contributed by atoms with van der Waals surface area (Å²) in [4.78, 5) is 29.0. The van der Waals surface area contributed by atoms with E-state index in [9.17, 15) is 9.59 Å². The zero-order valence-corrected chi connectivity index (χ0v) is 14.9. The van der Waals surface area contributed by atoms with Crippen LogP contribution in [0.3, 0.4) is 0 Å². The number of amides is 1. The molecule has 132 valence electrons. The quantitative estimate of drug-likeness (QED) is 0.513. The standard InChI is InChI=1S/C21H21N3O2/c1-21(2)13-16-10-6-7-11-17(16)18(23-21)12-19(25)20(26)24-22-14-15-8-4-3-5-9-15/h3-11,14H,12-13H2,1-2H3,(H,24,26)/b22-14-. The zero-order valence-electron chi connectivity index (χ0n) is 14.9. The first kappa shape index (κ1) is 17.7. The van der Waals surface area contributed by atoms with Crippen molar-refractivity contribution in [1.82, 2.24) is 5.43 Å². The fourth-order valence-electron chi connectivity index (χ4n) is 3.02. The molecular formula is C21H21N3O2. The Bertz CT molecular complexity index is 883. The Morgan fingerprint density at radius 3 is 2.58 bits per heavy atom. The van der Waals surface area contributed by atoms with E-state index in [2.05, 4.69) is 15.5 Å². The number of aliphatic imine (C=N–C) groups is 1. The maximum Gasteiger partial charge on any atom is 0.307 e. The lowest BCUT2D eigenvalue weighted by molar-refractivity contribution is -0.137. The Morgan fingerprint density at radius 2 is 1.81 bits per heavy atom. The third kappa shape index (κ3) is 4.30. The molecule has 0 spiro atoms. The second-order valence-corrected chi connectivity index (χ2v) is 6.91. The van der Waals surface area contributed by atoms with Gasteiger partial charge >= 0.3 is 5.91 Å². The Hall–Kier alpha value is -3.08. The SMILES string of the molecule is CC1(C)Cc2ccccc2C(CC(=O)C(=O)N/N=C\c2ccccc2)=N1. The van der Waals surface area contributed by atoms with Crippen LogP contribution in [0.15, 0.2) is 64.7 Å². The van der Waals surface area contributed by atoms with Gasteiger partial charge in [0.15, 0.2) is 0 Å². The van der Waals surface area contributed by atoms with Crippen LogP contribution in [-0.2, 0) is 16.0 Å². The monoisotopic (exact) mass is 347 g/mol. The second-order valence-electron chi connectivity index (χ2n) is 6.91. The van der Waals surface area contributed by atoms with E-state index in [0.717, 1.165) is 23.1 Å². The topological polar surface area (TPSA) is 70.9 Å². The van der Waals surface area contributed by atoms with Gasteiger partial charge in [0, 0.05) is 0 Å². The van der Waals surface area contributed by atoms with Crippen molar-refractivity contribution in [2.24, 2.45) is 10.1 Å². The number of nitrogens with zero attached hydrogens (tertiary/aromatic N) is 2. The van der Waals surface area contributed by atoms with Crippen molar-refractivity contribution in [2.75, 3.05) is 0 Å². The number of nitrogens with one attached hydrogen (secondary N) is 1. The molecule has 0 saturated heterocycles. The average Bonchev–Trinajstić information content (AvgIpc) is 2.61. The number of hydrogen-bond acceptors (Lipinski definition) is 4. The first-order valence-corrected chi connectivity index (χ1v) is 8.53. The van der Waals surface area contributed by atoms with Crippen molar-refractivity contribution >= 4 is 23.6 Å². The van der Waals surface area contributed by atoms with Gasteiger partial charge in [-0.25, -0.2) is 5.43 Å². The fourth-order valence-corrected chi connectivity index (χ4v) is 3.02. The summed E-state index contributed by atoms with van der Waals surface area (Å²) in [6, 6.07) is 17.2. The van der Waals surface area contributed by atoms with E-state index < -0.39 is 11.7 Å². The molecule has 1 N–H and O–H groups in total. The molecule has 3 rings (SSSR count). The number of carbonyl (C=O) groups excluding carboxylic acids is 2. The Kier molecular flexibility index (Phi) is 5.07. The third-order valence-electron chi connectivity index (χ3n) is 4.15. The van der Waals surface area contributed by atoms with Crippen molar-refractivity contribution in [3.63, 3.8) is 0 Å². The number of hydrogen-bond donors (Lipinski definition) is 1. The highest BCUT2D eigenvalue weighted by Crippen LogP contribution is 2.27. The molecule has 0 radical (unpaired) electrons. The van der Waals surface area contributed by atoms with Crippen LogP contribution < -0.4 is 5.43 Å². The zero-order chi connectivity index (χ0) is 18.6. The number of ketones is 1. The summed E-state index contributed by atoms with van der Waals surface area (Å²) in [5.41, 5.74) is 5.60. The second kappa shape index (κ2) is 7.44. The predicted molar refractivity (Wildman–Crippen MR) is 103 cm³/mol. The number of carbonyl (C=O) groups is 2. The van der Waals surface area contributed by atoms with Crippen molar-refractivity contribution in [3.05, 3.63) is 71.3 Å². The van der Waals surface area contributed by atoms with Crippen LogP contribution in [0.2, 0.25) is 0 Å². The Balaban J connectivity index is 1.68. The highest BCUT2D eigenvalue weighted by molar-refractivity contribution is 6.40. The number of fused-ring (bicyclic) bond motifs is 1. The lowest BCUT2D eigenvalue weighted by Crippen LogP contribution is -2.33. The van der Waals surface area contributed by atoms with E-state index >= 15 is 0 Å². The van der Waals surface area contributed by atoms with Crippen LogP contribution in [0.4, 0.5) is 0 Å². The van der Waals surface area contributed by atoms with Crippen molar-refractivity contribution in [3.8, 4) is 0 Å². The van der Waals surface area contributed by atoms with Crippen LogP contribution >= 0.6 is 0 Å². The predicted octanol–water partition coefficient (Wildman–Crippen LogP) is 2.92. The number of rotatable bonds is 5. The number of benzene rings is 2. The van der Waals surface area contributed by atoms with Gasteiger partial charge in [0.05, 0.1) is 23.9 Å². The van der Waals surface area contributed by atoms with Gasteiger partial charge in [-0.2, -0.15) is 5.10 Å². The summed E-state index contributed by atoms with van der Waals surface area (Å²) >= 11 is 0.